The van der Waals surface area contributed by atoms with Crippen molar-refractivity contribution in [3.05, 3.63) is 90.1 Å². The highest BCUT2D eigenvalue weighted by molar-refractivity contribution is 5.93. The second-order valence-electron chi connectivity index (χ2n) is 5.42. The third kappa shape index (κ3) is 2.66. The number of aromatic nitrogens is 3. The fourth-order valence-electron chi connectivity index (χ4n) is 2.74. The number of carbonyl (C=O) groups is 1. The van der Waals surface area contributed by atoms with Gasteiger partial charge in [0.25, 0.3) is 0 Å². The Morgan fingerprint density at radius 2 is 1.76 bits per heavy atom. The Bertz CT molecular complexity index is 1130. The second kappa shape index (κ2) is 6.02. The van der Waals surface area contributed by atoms with Gasteiger partial charge in [-0.25, -0.2) is 9.78 Å². The van der Waals surface area contributed by atoms with Gasteiger partial charge in [-0.3, -0.25) is 4.40 Å². The molecular formula is C20H13N3O2. The van der Waals surface area contributed by atoms with Crippen LogP contribution in [-0.2, 0) is 0 Å². The molecule has 0 amide bonds. The SMILES string of the molecule is O=C(O)c1cccc(C#Cc2cnc3ccccn23)c1-n1cccc1. The second-order valence-corrected chi connectivity index (χ2v) is 5.42. The van der Waals surface area contributed by atoms with Crippen molar-refractivity contribution in [1.82, 2.24) is 14.0 Å². The molecule has 0 atom stereocenters. The molecule has 120 valence electrons. The number of hydrogen-bond acceptors (Lipinski definition) is 2. The van der Waals surface area contributed by atoms with Crippen molar-refractivity contribution in [1.29, 1.82) is 0 Å². The fraction of sp³-hybridized carbons (Fsp3) is 0. The number of benzene rings is 1. The number of pyridine rings is 1. The van der Waals surface area contributed by atoms with Crippen LogP contribution in [0.2, 0.25) is 0 Å². The zero-order chi connectivity index (χ0) is 17.2. The van der Waals surface area contributed by atoms with Crippen molar-refractivity contribution in [2.24, 2.45) is 0 Å². The van der Waals surface area contributed by atoms with E-state index < -0.39 is 5.97 Å². The summed E-state index contributed by atoms with van der Waals surface area (Å²) in [6.45, 7) is 0. The standard InChI is InChI=1S/C20H13N3O2/c24-20(25)17-7-5-6-15(19(17)22-11-3-4-12-22)9-10-16-14-21-18-8-1-2-13-23(16)18/h1-8,11-14H,(H,24,25). The summed E-state index contributed by atoms with van der Waals surface area (Å²) in [4.78, 5) is 15.9. The Kier molecular flexibility index (Phi) is 3.56. The van der Waals surface area contributed by atoms with Crippen LogP contribution in [0.4, 0.5) is 0 Å². The molecule has 25 heavy (non-hydrogen) atoms. The number of rotatable bonds is 2. The molecule has 0 aliphatic heterocycles. The predicted octanol–water partition coefficient (Wildman–Crippen LogP) is 3.22. The van der Waals surface area contributed by atoms with Crippen LogP contribution in [0.3, 0.4) is 0 Å². The number of fused-ring (bicyclic) bond motifs is 1. The summed E-state index contributed by atoms with van der Waals surface area (Å²) in [6, 6.07) is 14.5. The minimum Gasteiger partial charge on any atom is -0.478 e. The first kappa shape index (κ1) is 14.8. The van der Waals surface area contributed by atoms with Crippen LogP contribution >= 0.6 is 0 Å². The zero-order valence-corrected chi connectivity index (χ0v) is 13.1. The molecule has 0 aliphatic rings. The van der Waals surface area contributed by atoms with Gasteiger partial charge in [0.2, 0.25) is 0 Å². The lowest BCUT2D eigenvalue weighted by molar-refractivity contribution is 0.0697. The minimum absolute atomic E-state index is 0.209. The highest BCUT2D eigenvalue weighted by Gasteiger charge is 2.14. The Labute approximate surface area is 143 Å². The Morgan fingerprint density at radius 1 is 0.960 bits per heavy atom. The molecule has 4 rings (SSSR count). The number of carboxylic acids is 1. The van der Waals surface area contributed by atoms with Crippen molar-refractivity contribution in [3.63, 3.8) is 0 Å². The van der Waals surface area contributed by atoms with E-state index in [0.29, 0.717) is 11.3 Å². The molecule has 5 nitrogen and oxygen atoms in total. The van der Waals surface area contributed by atoms with Gasteiger partial charge in [-0.15, -0.1) is 0 Å². The first-order valence-electron chi connectivity index (χ1n) is 7.68. The van der Waals surface area contributed by atoms with E-state index in [1.165, 1.54) is 0 Å². The lowest BCUT2D eigenvalue weighted by atomic mass is 10.1. The van der Waals surface area contributed by atoms with Gasteiger partial charge in [0.15, 0.2) is 0 Å². The summed E-state index contributed by atoms with van der Waals surface area (Å²) in [5.41, 5.74) is 2.97. The van der Waals surface area contributed by atoms with Crippen LogP contribution in [0.25, 0.3) is 11.3 Å². The van der Waals surface area contributed by atoms with E-state index in [1.807, 2.05) is 47.0 Å². The van der Waals surface area contributed by atoms with E-state index in [4.69, 9.17) is 0 Å². The van der Waals surface area contributed by atoms with Crippen LogP contribution in [-0.4, -0.2) is 25.0 Å². The maximum atomic E-state index is 11.6. The fourth-order valence-corrected chi connectivity index (χ4v) is 2.74. The van der Waals surface area contributed by atoms with Crippen molar-refractivity contribution < 1.29 is 9.90 Å². The minimum atomic E-state index is -0.984. The Morgan fingerprint density at radius 3 is 2.56 bits per heavy atom. The van der Waals surface area contributed by atoms with E-state index in [2.05, 4.69) is 16.8 Å². The average Bonchev–Trinajstić information content (AvgIpc) is 3.29. The number of hydrogen-bond donors (Lipinski definition) is 1. The normalized spacial score (nSPS) is 10.4. The van der Waals surface area contributed by atoms with E-state index in [-0.39, 0.29) is 5.56 Å². The quantitative estimate of drug-likeness (QED) is 0.575. The maximum Gasteiger partial charge on any atom is 0.337 e. The van der Waals surface area contributed by atoms with E-state index in [1.54, 1.807) is 35.3 Å². The summed E-state index contributed by atoms with van der Waals surface area (Å²) in [5, 5.41) is 9.51. The van der Waals surface area contributed by atoms with Gasteiger partial charge < -0.3 is 9.67 Å². The Hall–Kier alpha value is -3.78. The third-order valence-electron chi connectivity index (χ3n) is 3.87. The third-order valence-corrected chi connectivity index (χ3v) is 3.87. The first-order valence-corrected chi connectivity index (χ1v) is 7.68. The summed E-state index contributed by atoms with van der Waals surface area (Å²) >= 11 is 0. The lowest BCUT2D eigenvalue weighted by Gasteiger charge is -2.10. The first-order chi connectivity index (χ1) is 12.2. The topological polar surface area (TPSA) is 59.5 Å². The van der Waals surface area contributed by atoms with Crippen LogP contribution in [0, 0.1) is 11.8 Å². The molecule has 1 N–H and O–H groups in total. The number of imidazole rings is 1. The number of para-hydroxylation sites is 1. The smallest absolute Gasteiger partial charge is 0.337 e. The van der Waals surface area contributed by atoms with Crippen molar-refractivity contribution in [2.75, 3.05) is 0 Å². The molecule has 4 aromatic rings. The van der Waals surface area contributed by atoms with Gasteiger partial charge in [0, 0.05) is 24.2 Å². The molecule has 0 aliphatic carbocycles. The summed E-state index contributed by atoms with van der Waals surface area (Å²) in [5.74, 6) is 5.21. The monoisotopic (exact) mass is 327 g/mol. The maximum absolute atomic E-state index is 11.6. The Balaban J connectivity index is 1.87. The largest absolute Gasteiger partial charge is 0.478 e. The van der Waals surface area contributed by atoms with Gasteiger partial charge >= 0.3 is 5.97 Å². The predicted molar refractivity (Wildman–Crippen MR) is 93.9 cm³/mol. The van der Waals surface area contributed by atoms with Crippen LogP contribution in [0.5, 0.6) is 0 Å². The van der Waals surface area contributed by atoms with Gasteiger partial charge in [-0.05, 0) is 42.3 Å². The summed E-state index contributed by atoms with van der Waals surface area (Å²) in [6.07, 6.45) is 7.22. The molecule has 3 aromatic heterocycles. The molecule has 0 radical (unpaired) electrons. The molecule has 5 heteroatoms. The molecular weight excluding hydrogens is 314 g/mol. The molecule has 0 fully saturated rings. The summed E-state index contributed by atoms with van der Waals surface area (Å²) in [7, 11) is 0. The number of aromatic carboxylic acids is 1. The van der Waals surface area contributed by atoms with Crippen molar-refractivity contribution in [2.45, 2.75) is 0 Å². The molecule has 0 saturated carbocycles. The molecule has 0 unspecified atom stereocenters. The molecule has 0 saturated heterocycles. The molecule has 3 heterocycles. The molecule has 0 spiro atoms. The molecule has 1 aromatic carbocycles. The van der Waals surface area contributed by atoms with Crippen LogP contribution in [0.15, 0.2) is 73.3 Å². The molecule has 0 bridgehead atoms. The van der Waals surface area contributed by atoms with Gasteiger partial charge in [-0.2, -0.15) is 0 Å². The van der Waals surface area contributed by atoms with Gasteiger partial charge in [0.1, 0.15) is 11.3 Å². The summed E-state index contributed by atoms with van der Waals surface area (Å²) < 4.78 is 3.66. The average molecular weight is 327 g/mol. The number of carboxylic acid groups (broad SMARTS) is 1. The van der Waals surface area contributed by atoms with Gasteiger partial charge in [0.05, 0.1) is 17.4 Å². The van der Waals surface area contributed by atoms with Crippen LogP contribution in [0.1, 0.15) is 21.6 Å². The van der Waals surface area contributed by atoms with Crippen molar-refractivity contribution >= 4 is 11.6 Å². The van der Waals surface area contributed by atoms with Crippen LogP contribution < -0.4 is 0 Å². The highest BCUT2D eigenvalue weighted by atomic mass is 16.4. The van der Waals surface area contributed by atoms with Gasteiger partial charge in [-0.1, -0.05) is 18.1 Å². The van der Waals surface area contributed by atoms with E-state index >= 15 is 0 Å². The number of nitrogens with zero attached hydrogens (tertiary/aromatic N) is 3. The highest BCUT2D eigenvalue weighted by Crippen LogP contribution is 2.20. The van der Waals surface area contributed by atoms with Crippen molar-refractivity contribution in [3.8, 4) is 17.5 Å². The lowest BCUT2D eigenvalue weighted by Crippen LogP contribution is -2.06. The van der Waals surface area contributed by atoms with E-state index in [9.17, 15) is 9.90 Å². The zero-order valence-electron chi connectivity index (χ0n) is 13.1. The van der Waals surface area contributed by atoms with E-state index in [0.717, 1.165) is 11.3 Å².